The lowest BCUT2D eigenvalue weighted by Crippen LogP contribution is -2.43. The lowest BCUT2D eigenvalue weighted by molar-refractivity contribution is 0.0940. The fraction of sp³-hybridized carbons (Fsp3) is 0.588. The van der Waals surface area contributed by atoms with E-state index in [1.807, 2.05) is 20.9 Å². The van der Waals surface area contributed by atoms with Crippen LogP contribution in [0, 0.1) is 0 Å². The van der Waals surface area contributed by atoms with Crippen LogP contribution in [0.15, 0.2) is 23.1 Å². The van der Waals surface area contributed by atoms with E-state index in [1.165, 1.54) is 25.3 Å². The monoisotopic (exact) mass is 369 g/mol. The number of amides is 1. The van der Waals surface area contributed by atoms with Crippen LogP contribution < -0.4 is 14.8 Å². The number of methoxy groups -OCH3 is 1. The molecule has 1 aliphatic rings. The average Bonchev–Trinajstić information content (AvgIpc) is 2.55. The molecule has 1 aromatic carbocycles. The van der Waals surface area contributed by atoms with E-state index in [9.17, 15) is 13.2 Å². The summed E-state index contributed by atoms with van der Waals surface area (Å²) in [5.74, 6) is -0.0143. The SMILES string of the molecule is COc1ccc(S(=O)(=O)NC2CCN(C)CC2)cc1C(=O)NC(C)C. The van der Waals surface area contributed by atoms with Crippen molar-refractivity contribution >= 4 is 15.9 Å². The van der Waals surface area contributed by atoms with Gasteiger partial charge in [0.2, 0.25) is 10.0 Å². The molecular weight excluding hydrogens is 342 g/mol. The van der Waals surface area contributed by atoms with Crippen LogP contribution >= 0.6 is 0 Å². The van der Waals surface area contributed by atoms with Gasteiger partial charge in [-0.25, -0.2) is 13.1 Å². The van der Waals surface area contributed by atoms with Crippen LogP contribution in [-0.2, 0) is 10.0 Å². The second-order valence-electron chi connectivity index (χ2n) is 6.69. The molecule has 2 N–H and O–H groups in total. The summed E-state index contributed by atoms with van der Waals surface area (Å²) in [5.41, 5.74) is 0.211. The molecule has 0 unspecified atom stereocenters. The maximum atomic E-state index is 12.7. The van der Waals surface area contributed by atoms with Crippen molar-refractivity contribution in [1.82, 2.24) is 14.9 Å². The first-order valence-electron chi connectivity index (χ1n) is 8.42. The lowest BCUT2D eigenvalue weighted by atomic mass is 10.1. The Balaban J connectivity index is 2.24. The van der Waals surface area contributed by atoms with E-state index < -0.39 is 10.0 Å². The minimum Gasteiger partial charge on any atom is -0.496 e. The van der Waals surface area contributed by atoms with E-state index in [2.05, 4.69) is 14.9 Å². The fourth-order valence-corrected chi connectivity index (χ4v) is 4.12. The molecule has 1 saturated heterocycles. The third kappa shape index (κ3) is 5.17. The maximum absolute atomic E-state index is 12.7. The predicted octanol–water partition coefficient (Wildman–Crippen LogP) is 1.21. The maximum Gasteiger partial charge on any atom is 0.255 e. The van der Waals surface area contributed by atoms with Gasteiger partial charge in [-0.05, 0) is 65.0 Å². The molecule has 0 aliphatic carbocycles. The molecule has 1 amide bonds. The predicted molar refractivity (Wildman–Crippen MR) is 96.4 cm³/mol. The minimum absolute atomic E-state index is 0.0603. The summed E-state index contributed by atoms with van der Waals surface area (Å²) in [6.45, 7) is 5.40. The second kappa shape index (κ2) is 8.16. The molecule has 140 valence electrons. The van der Waals surface area contributed by atoms with Crippen LogP contribution in [0.5, 0.6) is 5.75 Å². The summed E-state index contributed by atoms with van der Waals surface area (Å²) in [6, 6.07) is 4.19. The van der Waals surface area contributed by atoms with Gasteiger partial charge in [-0.2, -0.15) is 0 Å². The summed E-state index contributed by atoms with van der Waals surface area (Å²) in [4.78, 5) is 14.6. The van der Waals surface area contributed by atoms with Gasteiger partial charge in [-0.1, -0.05) is 0 Å². The summed E-state index contributed by atoms with van der Waals surface area (Å²) in [7, 11) is -0.218. The summed E-state index contributed by atoms with van der Waals surface area (Å²) in [6.07, 6.45) is 1.54. The van der Waals surface area contributed by atoms with E-state index in [0.29, 0.717) is 5.75 Å². The van der Waals surface area contributed by atoms with Gasteiger partial charge in [0.25, 0.3) is 5.91 Å². The quantitative estimate of drug-likeness (QED) is 0.787. The molecule has 0 aromatic heterocycles. The molecule has 7 nitrogen and oxygen atoms in total. The summed E-state index contributed by atoms with van der Waals surface area (Å²) < 4.78 is 33.3. The van der Waals surface area contributed by atoms with E-state index in [-0.39, 0.29) is 28.4 Å². The van der Waals surface area contributed by atoms with Crippen molar-refractivity contribution in [2.45, 2.75) is 43.7 Å². The smallest absolute Gasteiger partial charge is 0.255 e. The van der Waals surface area contributed by atoms with Crippen molar-refractivity contribution in [3.05, 3.63) is 23.8 Å². The number of nitrogens with zero attached hydrogens (tertiary/aromatic N) is 1. The van der Waals surface area contributed by atoms with Crippen LogP contribution in [0.1, 0.15) is 37.0 Å². The molecule has 0 atom stereocenters. The number of likely N-dealkylation sites (tertiary alicyclic amines) is 1. The molecule has 0 saturated carbocycles. The average molecular weight is 369 g/mol. The standard InChI is InChI=1S/C17H27N3O4S/c1-12(2)18-17(21)15-11-14(5-6-16(15)24-4)25(22,23)19-13-7-9-20(3)10-8-13/h5-6,11-13,19H,7-10H2,1-4H3,(H,18,21). The molecule has 8 heteroatoms. The first-order chi connectivity index (χ1) is 11.7. The Morgan fingerprint density at radius 1 is 1.28 bits per heavy atom. The fourth-order valence-electron chi connectivity index (χ4n) is 2.79. The Labute approximate surface area is 149 Å². The molecule has 0 radical (unpaired) electrons. The van der Waals surface area contributed by atoms with Crippen LogP contribution in [0.2, 0.25) is 0 Å². The second-order valence-corrected chi connectivity index (χ2v) is 8.40. The van der Waals surface area contributed by atoms with Crippen molar-refractivity contribution in [3.63, 3.8) is 0 Å². The Morgan fingerprint density at radius 3 is 2.48 bits per heavy atom. The van der Waals surface area contributed by atoms with Crippen molar-refractivity contribution in [2.24, 2.45) is 0 Å². The van der Waals surface area contributed by atoms with Gasteiger partial charge in [0, 0.05) is 12.1 Å². The molecule has 2 rings (SSSR count). The summed E-state index contributed by atoms with van der Waals surface area (Å²) in [5, 5.41) is 2.76. The molecule has 1 fully saturated rings. The third-order valence-electron chi connectivity index (χ3n) is 4.19. The van der Waals surface area contributed by atoms with E-state index in [0.717, 1.165) is 25.9 Å². The largest absolute Gasteiger partial charge is 0.496 e. The number of carbonyl (C=O) groups is 1. The number of ether oxygens (including phenoxy) is 1. The van der Waals surface area contributed by atoms with E-state index in [1.54, 1.807) is 0 Å². The highest BCUT2D eigenvalue weighted by Crippen LogP contribution is 2.23. The van der Waals surface area contributed by atoms with Crippen molar-refractivity contribution < 1.29 is 17.9 Å². The van der Waals surface area contributed by atoms with Gasteiger partial charge in [0.1, 0.15) is 5.75 Å². The molecule has 1 aromatic rings. The number of rotatable bonds is 6. The van der Waals surface area contributed by atoms with Gasteiger partial charge in [0.15, 0.2) is 0 Å². The van der Waals surface area contributed by atoms with E-state index >= 15 is 0 Å². The van der Waals surface area contributed by atoms with Crippen molar-refractivity contribution in [2.75, 3.05) is 27.2 Å². The first-order valence-corrected chi connectivity index (χ1v) is 9.91. The van der Waals surface area contributed by atoms with Gasteiger partial charge in [-0.15, -0.1) is 0 Å². The van der Waals surface area contributed by atoms with Crippen LogP contribution in [0.4, 0.5) is 0 Å². The Kier molecular flexibility index (Phi) is 6.42. The van der Waals surface area contributed by atoms with Crippen LogP contribution in [0.25, 0.3) is 0 Å². The third-order valence-corrected chi connectivity index (χ3v) is 5.70. The van der Waals surface area contributed by atoms with Crippen LogP contribution in [-0.4, -0.2) is 58.6 Å². The summed E-state index contributed by atoms with van der Waals surface area (Å²) >= 11 is 0. The molecule has 1 heterocycles. The Hall–Kier alpha value is -1.64. The number of hydrogen-bond donors (Lipinski definition) is 2. The number of hydrogen-bond acceptors (Lipinski definition) is 5. The van der Waals surface area contributed by atoms with Gasteiger partial charge < -0.3 is 15.0 Å². The Morgan fingerprint density at radius 2 is 1.92 bits per heavy atom. The zero-order valence-corrected chi connectivity index (χ0v) is 16.0. The molecule has 25 heavy (non-hydrogen) atoms. The Bertz CT molecular complexity index is 711. The molecule has 1 aliphatic heterocycles. The highest BCUT2D eigenvalue weighted by Gasteiger charge is 2.25. The normalized spacial score (nSPS) is 16.8. The number of sulfonamides is 1. The van der Waals surface area contributed by atoms with Gasteiger partial charge >= 0.3 is 0 Å². The minimum atomic E-state index is -3.69. The first kappa shape index (κ1) is 19.7. The van der Waals surface area contributed by atoms with Gasteiger partial charge in [0.05, 0.1) is 17.6 Å². The number of nitrogens with one attached hydrogen (secondary N) is 2. The van der Waals surface area contributed by atoms with Crippen LogP contribution in [0.3, 0.4) is 0 Å². The molecular formula is C17H27N3O4S. The number of piperidine rings is 1. The highest BCUT2D eigenvalue weighted by molar-refractivity contribution is 7.89. The van der Waals surface area contributed by atoms with E-state index in [4.69, 9.17) is 4.74 Å². The molecule has 0 spiro atoms. The topological polar surface area (TPSA) is 87.7 Å². The zero-order chi connectivity index (χ0) is 18.6. The zero-order valence-electron chi connectivity index (χ0n) is 15.2. The van der Waals surface area contributed by atoms with Crippen molar-refractivity contribution in [1.29, 1.82) is 0 Å². The highest BCUT2D eigenvalue weighted by atomic mass is 32.2. The van der Waals surface area contributed by atoms with Crippen molar-refractivity contribution in [3.8, 4) is 5.75 Å². The number of benzene rings is 1. The lowest BCUT2D eigenvalue weighted by Gasteiger charge is -2.29. The van der Waals surface area contributed by atoms with Gasteiger partial charge in [-0.3, -0.25) is 4.79 Å². The number of carbonyl (C=O) groups excluding carboxylic acids is 1. The molecule has 0 bridgehead atoms.